The summed E-state index contributed by atoms with van der Waals surface area (Å²) in [5.74, 6) is 0.412. The van der Waals surface area contributed by atoms with Crippen LogP contribution in [-0.4, -0.2) is 93.4 Å². The average molecular weight is 450 g/mol. The zero-order valence-corrected chi connectivity index (χ0v) is 18.9. The molecular formula is C20H35NO6S2. The number of carboxylic acid groups (broad SMARTS) is 1. The van der Waals surface area contributed by atoms with Gasteiger partial charge >= 0.3 is 5.97 Å². The van der Waals surface area contributed by atoms with Gasteiger partial charge in [0.25, 0.3) is 0 Å². The lowest BCUT2D eigenvalue weighted by Gasteiger charge is -2.30. The Kier molecular flexibility index (Phi) is 25.6. The zero-order valence-electron chi connectivity index (χ0n) is 17.2. The van der Waals surface area contributed by atoms with Crippen molar-refractivity contribution in [1.82, 2.24) is 4.90 Å². The van der Waals surface area contributed by atoms with E-state index < -0.39 is 24.3 Å². The number of hydrogen-bond acceptors (Lipinski definition) is 7. The van der Waals surface area contributed by atoms with E-state index in [0.717, 1.165) is 25.9 Å². The third kappa shape index (κ3) is 16.2. The van der Waals surface area contributed by atoms with Crippen molar-refractivity contribution < 1.29 is 30.0 Å². The number of aliphatic carboxylic acids is 1. The Morgan fingerprint density at radius 3 is 2.00 bits per heavy atom. The number of thioether (sulfide) groups is 1. The Morgan fingerprint density at radius 1 is 1.21 bits per heavy atom. The fourth-order valence-electron chi connectivity index (χ4n) is 2.27. The van der Waals surface area contributed by atoms with Crippen molar-refractivity contribution in [2.45, 2.75) is 44.5 Å². The van der Waals surface area contributed by atoms with Crippen molar-refractivity contribution in [3.63, 3.8) is 0 Å². The molecular weight excluding hydrogens is 414 g/mol. The van der Waals surface area contributed by atoms with Crippen LogP contribution in [0.3, 0.4) is 0 Å². The maximum Gasteiger partial charge on any atom is 0.306 e. The van der Waals surface area contributed by atoms with Gasteiger partial charge in [0.05, 0.1) is 24.1 Å². The first-order valence-electron chi connectivity index (χ1n) is 9.07. The topological polar surface area (TPSA) is 110 Å². The molecule has 3 atom stereocenters. The highest BCUT2D eigenvalue weighted by Gasteiger charge is 2.30. The first-order valence-corrected chi connectivity index (χ1v) is 10.9. The van der Waals surface area contributed by atoms with Crippen molar-refractivity contribution >= 4 is 35.4 Å². The molecule has 2 rings (SSSR count). The lowest BCUT2D eigenvalue weighted by molar-refractivity contribution is -0.147. The second kappa shape index (κ2) is 23.0. The molecule has 2 saturated heterocycles. The fraction of sp³-hybridized carbons (Fsp3) is 0.700. The van der Waals surface area contributed by atoms with E-state index in [1.165, 1.54) is 5.75 Å². The van der Waals surface area contributed by atoms with E-state index in [1.54, 1.807) is 5.49 Å². The number of carbonyl (C=O) groups is 1. The van der Waals surface area contributed by atoms with Gasteiger partial charge in [0.15, 0.2) is 0 Å². The van der Waals surface area contributed by atoms with Gasteiger partial charge in [-0.25, -0.2) is 0 Å². The number of thiocarbonyl (C=S) groups is 1. The highest BCUT2D eigenvalue weighted by atomic mass is 32.2. The zero-order chi connectivity index (χ0) is 23.2. The molecule has 0 radical (unpaired) electrons. The van der Waals surface area contributed by atoms with Crippen LogP contribution in [0.15, 0.2) is 0 Å². The van der Waals surface area contributed by atoms with E-state index in [0.29, 0.717) is 13.0 Å². The van der Waals surface area contributed by atoms with Gasteiger partial charge < -0.3 is 30.1 Å². The highest BCUT2D eigenvalue weighted by Crippen LogP contribution is 2.16. The quantitative estimate of drug-likeness (QED) is 0.370. The predicted molar refractivity (Wildman–Crippen MR) is 123 cm³/mol. The second-order valence-electron chi connectivity index (χ2n) is 5.77. The van der Waals surface area contributed by atoms with E-state index in [2.05, 4.69) is 38.9 Å². The largest absolute Gasteiger partial charge is 0.481 e. The second-order valence-corrected chi connectivity index (χ2v) is 7.14. The lowest BCUT2D eigenvalue weighted by atomic mass is 9.98. The lowest BCUT2D eigenvalue weighted by Crippen LogP contribution is -2.46. The van der Waals surface area contributed by atoms with Gasteiger partial charge in [0.1, 0.15) is 12.2 Å². The SMILES string of the molecule is C#C.C#C.CCSC.O=C(O)C1CCN(C=S)CC1.OC[C@H]1OCC[C@@H](O)[C@H]1O. The summed E-state index contributed by atoms with van der Waals surface area (Å²) in [4.78, 5) is 12.5. The van der Waals surface area contributed by atoms with Crippen LogP contribution in [0, 0.1) is 31.6 Å². The number of rotatable bonds is 4. The van der Waals surface area contributed by atoms with Crippen LogP contribution in [0.1, 0.15) is 26.2 Å². The third-order valence-electron chi connectivity index (χ3n) is 4.02. The van der Waals surface area contributed by atoms with Crippen LogP contribution >= 0.6 is 24.0 Å². The molecule has 0 bridgehead atoms. The van der Waals surface area contributed by atoms with Gasteiger partial charge in [-0.3, -0.25) is 4.79 Å². The van der Waals surface area contributed by atoms with Crippen LogP contribution in [0.5, 0.6) is 0 Å². The number of aliphatic hydroxyl groups is 3. The molecule has 168 valence electrons. The molecule has 0 saturated carbocycles. The van der Waals surface area contributed by atoms with Crippen LogP contribution in [0.25, 0.3) is 0 Å². The molecule has 2 aliphatic heterocycles. The molecule has 9 heteroatoms. The Bertz CT molecular complexity index is 431. The van der Waals surface area contributed by atoms with E-state index >= 15 is 0 Å². The van der Waals surface area contributed by atoms with Crippen LogP contribution < -0.4 is 0 Å². The van der Waals surface area contributed by atoms with Gasteiger partial charge in [-0.05, 0) is 31.3 Å². The monoisotopic (exact) mass is 449 g/mol. The minimum atomic E-state index is -0.932. The summed E-state index contributed by atoms with van der Waals surface area (Å²) >= 11 is 6.59. The molecule has 29 heavy (non-hydrogen) atoms. The fourth-order valence-corrected chi connectivity index (χ4v) is 2.48. The van der Waals surface area contributed by atoms with Gasteiger partial charge in [-0.2, -0.15) is 11.8 Å². The molecule has 2 fully saturated rings. The standard InChI is InChI=1S/C7H11NO2S.C6H12O4.C3H8S.2C2H2/c9-7(10)6-1-3-8(5-11)4-2-6;7-3-5-6(9)4(8)1-2-10-5;1-3-4-2;2*1-2/h5-6H,1-4H2,(H,9,10);4-9H,1-3H2;3H2,1-2H3;2*1-2H/t;4-,5-,6-;;;/m.1.../s1. The highest BCUT2D eigenvalue weighted by molar-refractivity contribution is 7.98. The molecule has 0 amide bonds. The van der Waals surface area contributed by atoms with E-state index in [4.69, 9.17) is 37.4 Å². The van der Waals surface area contributed by atoms with E-state index in [-0.39, 0.29) is 12.5 Å². The Hall–Kier alpha value is -1.33. The molecule has 2 aliphatic rings. The summed E-state index contributed by atoms with van der Waals surface area (Å²) < 4.78 is 4.95. The molecule has 0 spiro atoms. The van der Waals surface area contributed by atoms with Crippen molar-refractivity contribution in [3.05, 3.63) is 0 Å². The maximum atomic E-state index is 10.5. The number of ether oxygens (including phenoxy) is 1. The average Bonchev–Trinajstić information content (AvgIpc) is 2.79. The van der Waals surface area contributed by atoms with Gasteiger partial charge in [0.2, 0.25) is 0 Å². The smallest absolute Gasteiger partial charge is 0.306 e. The van der Waals surface area contributed by atoms with Crippen molar-refractivity contribution in [2.24, 2.45) is 5.92 Å². The normalized spacial score (nSPS) is 23.1. The number of hydrogen-bond donors (Lipinski definition) is 4. The maximum absolute atomic E-state index is 10.5. The predicted octanol–water partition coefficient (Wildman–Crippen LogP) is 1.10. The van der Waals surface area contributed by atoms with Crippen LogP contribution in [0.2, 0.25) is 0 Å². The summed E-state index contributed by atoms with van der Waals surface area (Å²) in [5.41, 5.74) is 1.61. The Morgan fingerprint density at radius 2 is 1.69 bits per heavy atom. The number of nitrogens with zero attached hydrogens (tertiary/aromatic N) is 1. The molecule has 2 heterocycles. The van der Waals surface area contributed by atoms with Crippen molar-refractivity contribution in [3.8, 4) is 25.7 Å². The van der Waals surface area contributed by atoms with Crippen LogP contribution in [-0.2, 0) is 9.53 Å². The van der Waals surface area contributed by atoms with Crippen molar-refractivity contribution in [2.75, 3.05) is 38.3 Å². The first kappa shape index (κ1) is 32.3. The van der Waals surface area contributed by atoms with Gasteiger partial charge in [0, 0.05) is 19.7 Å². The number of likely N-dealkylation sites (tertiary alicyclic amines) is 1. The van der Waals surface area contributed by atoms with Gasteiger partial charge in [-0.15, -0.1) is 25.7 Å². The molecule has 0 aromatic rings. The molecule has 0 unspecified atom stereocenters. The molecule has 4 N–H and O–H groups in total. The number of terminal acetylenes is 2. The molecule has 0 aromatic carbocycles. The molecule has 7 nitrogen and oxygen atoms in total. The van der Waals surface area contributed by atoms with E-state index in [1.807, 2.05) is 16.7 Å². The van der Waals surface area contributed by atoms with Crippen molar-refractivity contribution in [1.29, 1.82) is 0 Å². The summed E-state index contributed by atoms with van der Waals surface area (Å²) in [6.07, 6.45) is 17.7. The number of aliphatic hydroxyl groups excluding tert-OH is 3. The first-order chi connectivity index (χ1) is 13.9. The van der Waals surface area contributed by atoms with Crippen LogP contribution in [0.4, 0.5) is 0 Å². The summed E-state index contributed by atoms with van der Waals surface area (Å²) in [6.45, 7) is 3.90. The third-order valence-corrected chi connectivity index (χ3v) is 4.89. The Labute approximate surface area is 184 Å². The number of carboxylic acids is 1. The minimum Gasteiger partial charge on any atom is -0.481 e. The van der Waals surface area contributed by atoms with E-state index in [9.17, 15) is 4.79 Å². The summed E-state index contributed by atoms with van der Waals surface area (Å²) in [5, 5.41) is 35.4. The summed E-state index contributed by atoms with van der Waals surface area (Å²) in [7, 11) is 0. The summed E-state index contributed by atoms with van der Waals surface area (Å²) in [6, 6.07) is 0. The van der Waals surface area contributed by atoms with Gasteiger partial charge in [-0.1, -0.05) is 19.1 Å². The molecule has 0 aromatic heterocycles. The number of piperidine rings is 1. The molecule has 0 aliphatic carbocycles. The minimum absolute atomic E-state index is 0.152. The Balaban J connectivity index is -0.000000346.